The number of ketones is 1. The van der Waals surface area contributed by atoms with Gasteiger partial charge in [0.05, 0.1) is 17.4 Å². The Hall–Kier alpha value is -2.41. The Labute approximate surface area is 184 Å². The van der Waals surface area contributed by atoms with E-state index in [9.17, 15) is 9.59 Å². The van der Waals surface area contributed by atoms with Crippen molar-refractivity contribution in [2.24, 2.45) is 5.92 Å². The van der Waals surface area contributed by atoms with Gasteiger partial charge in [-0.15, -0.1) is 10.2 Å². The molecule has 31 heavy (non-hydrogen) atoms. The maximum Gasteiger partial charge on any atom is 0.261 e. The van der Waals surface area contributed by atoms with Crippen LogP contribution in [-0.2, 0) is 10.2 Å². The number of hydrogen-bond donors (Lipinski definition) is 1. The molecule has 1 unspecified atom stereocenters. The molecule has 4 saturated carbocycles. The topological polar surface area (TPSA) is 94.3 Å². The summed E-state index contributed by atoms with van der Waals surface area (Å²) in [5, 5.41) is 12.3. The highest BCUT2D eigenvalue weighted by molar-refractivity contribution is 6.31. The fraction of sp³-hybridized carbons (Fsp3) is 0.565. The number of rotatable bonds is 4. The number of aromatic nitrogens is 2. The summed E-state index contributed by atoms with van der Waals surface area (Å²) in [6.45, 7) is 2.24. The fourth-order valence-corrected chi connectivity index (χ4v) is 6.16. The molecular formula is C23H24ClN3O4. The molecule has 1 amide bonds. The second-order valence-electron chi connectivity index (χ2n) is 10.00. The highest BCUT2D eigenvalue weighted by atomic mass is 35.5. The van der Waals surface area contributed by atoms with Gasteiger partial charge in [-0.05, 0) is 62.6 Å². The molecule has 1 aromatic heterocycles. The predicted octanol–water partition coefficient (Wildman–Crippen LogP) is 3.95. The van der Waals surface area contributed by atoms with Crippen LogP contribution in [0.15, 0.2) is 22.6 Å². The average molecular weight is 442 g/mol. The van der Waals surface area contributed by atoms with E-state index in [1.54, 1.807) is 18.2 Å². The van der Waals surface area contributed by atoms with Gasteiger partial charge in [-0.2, -0.15) is 0 Å². The Balaban J connectivity index is 1.12. The summed E-state index contributed by atoms with van der Waals surface area (Å²) in [5.74, 6) is 2.67. The molecule has 1 aliphatic heterocycles. The zero-order chi connectivity index (χ0) is 21.4. The number of halogens is 1. The lowest BCUT2D eigenvalue weighted by atomic mass is 9.65. The molecule has 1 N–H and O–H groups in total. The Morgan fingerprint density at radius 2 is 2.03 bits per heavy atom. The van der Waals surface area contributed by atoms with Gasteiger partial charge in [-0.3, -0.25) is 9.59 Å². The molecule has 7 nitrogen and oxygen atoms in total. The van der Waals surface area contributed by atoms with Gasteiger partial charge in [0.15, 0.2) is 11.9 Å². The highest BCUT2D eigenvalue weighted by Gasteiger charge is 2.65. The number of nitrogens with one attached hydrogen (secondary N) is 1. The van der Waals surface area contributed by atoms with Crippen LogP contribution < -0.4 is 10.1 Å². The van der Waals surface area contributed by atoms with Crippen molar-refractivity contribution in [1.29, 1.82) is 0 Å². The molecule has 5 aliphatic rings. The second-order valence-corrected chi connectivity index (χ2v) is 10.4. The lowest BCUT2D eigenvalue weighted by Crippen LogP contribution is -2.60. The number of carbonyl (C=O) groups is 2. The van der Waals surface area contributed by atoms with Crippen LogP contribution in [0.4, 0.5) is 0 Å². The summed E-state index contributed by atoms with van der Waals surface area (Å²) < 4.78 is 11.9. The summed E-state index contributed by atoms with van der Waals surface area (Å²) in [7, 11) is 0. The SMILES string of the molecule is CC1CC(c2nnc(C34CCC(NC(=O)C5CC(=O)c6cc(Cl)ccc6O5)(C3)C4)o2)C1. The maximum absolute atomic E-state index is 13.0. The molecule has 1 aromatic carbocycles. The fourth-order valence-electron chi connectivity index (χ4n) is 5.99. The first-order valence-corrected chi connectivity index (χ1v) is 11.4. The molecule has 0 saturated heterocycles. The van der Waals surface area contributed by atoms with Gasteiger partial charge >= 0.3 is 0 Å². The van der Waals surface area contributed by atoms with Gasteiger partial charge in [0, 0.05) is 16.5 Å². The van der Waals surface area contributed by atoms with Crippen molar-refractivity contribution >= 4 is 23.3 Å². The first kappa shape index (κ1) is 19.3. The number of fused-ring (bicyclic) bond motifs is 2. The maximum atomic E-state index is 13.0. The highest BCUT2D eigenvalue weighted by Crippen LogP contribution is 2.62. The number of amides is 1. The standard InChI is InChI=1S/C23H24ClN3O4/c1-12-6-13(7-12)20-26-27-21(31-20)22-4-5-23(10-22,11-22)25-19(29)18-9-16(28)15-8-14(24)2-3-17(15)30-18/h2-3,8,12-13,18H,4-7,9-11H2,1H3,(H,25,29). The number of benzene rings is 1. The number of ether oxygens (including phenoxy) is 1. The Morgan fingerprint density at radius 3 is 2.81 bits per heavy atom. The van der Waals surface area contributed by atoms with Gasteiger partial charge in [-0.25, -0.2) is 0 Å². The average Bonchev–Trinajstić information content (AvgIpc) is 3.39. The number of hydrogen-bond acceptors (Lipinski definition) is 6. The van der Waals surface area contributed by atoms with Crippen LogP contribution in [0.1, 0.15) is 79.9 Å². The van der Waals surface area contributed by atoms with Crippen molar-refractivity contribution in [2.45, 2.75) is 74.8 Å². The largest absolute Gasteiger partial charge is 0.479 e. The third-order valence-corrected chi connectivity index (χ3v) is 7.85. The zero-order valence-corrected chi connectivity index (χ0v) is 18.1. The van der Waals surface area contributed by atoms with Crippen molar-refractivity contribution in [3.8, 4) is 5.75 Å². The summed E-state index contributed by atoms with van der Waals surface area (Å²) in [4.78, 5) is 25.4. The Morgan fingerprint density at radius 1 is 1.23 bits per heavy atom. The van der Waals surface area contributed by atoms with Crippen molar-refractivity contribution in [2.75, 3.05) is 0 Å². The van der Waals surface area contributed by atoms with Crippen LogP contribution in [0, 0.1) is 5.92 Å². The number of nitrogens with zero attached hydrogens (tertiary/aromatic N) is 2. The minimum Gasteiger partial charge on any atom is -0.479 e. The van der Waals surface area contributed by atoms with Gasteiger partial charge in [0.1, 0.15) is 5.75 Å². The normalized spacial score (nSPS) is 35.5. The minimum absolute atomic E-state index is 0.0211. The quantitative estimate of drug-likeness (QED) is 0.771. The molecular weight excluding hydrogens is 418 g/mol. The molecule has 0 radical (unpaired) electrons. The molecule has 1 atom stereocenters. The van der Waals surface area contributed by atoms with Crippen LogP contribution in [0.3, 0.4) is 0 Å². The lowest BCUT2D eigenvalue weighted by Gasteiger charge is -2.46. The van der Waals surface area contributed by atoms with E-state index in [0.29, 0.717) is 22.3 Å². The molecule has 4 fully saturated rings. The van der Waals surface area contributed by atoms with Crippen molar-refractivity contribution in [1.82, 2.24) is 15.5 Å². The van der Waals surface area contributed by atoms with E-state index in [1.807, 2.05) is 0 Å². The molecule has 7 rings (SSSR count). The van der Waals surface area contributed by atoms with E-state index in [0.717, 1.165) is 56.2 Å². The first-order chi connectivity index (χ1) is 14.8. The molecule has 4 aliphatic carbocycles. The Bertz CT molecular complexity index is 1080. The third-order valence-electron chi connectivity index (χ3n) is 7.62. The lowest BCUT2D eigenvalue weighted by molar-refractivity contribution is -0.131. The van der Waals surface area contributed by atoms with E-state index in [1.165, 1.54) is 0 Å². The van der Waals surface area contributed by atoms with Crippen molar-refractivity contribution in [3.05, 3.63) is 40.6 Å². The molecule has 2 aromatic rings. The molecule has 8 heteroatoms. The molecule has 2 heterocycles. The van der Waals surface area contributed by atoms with E-state index in [2.05, 4.69) is 22.4 Å². The van der Waals surface area contributed by atoms with Gasteiger partial charge in [-0.1, -0.05) is 18.5 Å². The second kappa shape index (κ2) is 6.55. The van der Waals surface area contributed by atoms with E-state index in [-0.39, 0.29) is 29.1 Å². The van der Waals surface area contributed by atoms with E-state index >= 15 is 0 Å². The first-order valence-electron chi connectivity index (χ1n) is 11.0. The summed E-state index contributed by atoms with van der Waals surface area (Å²) in [5.41, 5.74) is 0.0374. The minimum atomic E-state index is -0.818. The van der Waals surface area contributed by atoms with Crippen LogP contribution in [0.5, 0.6) is 5.75 Å². The third kappa shape index (κ3) is 3.00. The summed E-state index contributed by atoms with van der Waals surface area (Å²) in [6.07, 6.45) is 4.80. The zero-order valence-electron chi connectivity index (χ0n) is 17.3. The van der Waals surface area contributed by atoms with Crippen LogP contribution in [-0.4, -0.2) is 33.5 Å². The Kier molecular flexibility index (Phi) is 4.07. The molecule has 2 bridgehead atoms. The van der Waals surface area contributed by atoms with Crippen LogP contribution in [0.25, 0.3) is 0 Å². The van der Waals surface area contributed by atoms with Crippen molar-refractivity contribution < 1.29 is 18.7 Å². The van der Waals surface area contributed by atoms with Gasteiger partial charge < -0.3 is 14.5 Å². The van der Waals surface area contributed by atoms with Crippen molar-refractivity contribution in [3.63, 3.8) is 0 Å². The van der Waals surface area contributed by atoms with E-state index in [4.69, 9.17) is 20.8 Å². The van der Waals surface area contributed by atoms with Gasteiger partial charge in [0.2, 0.25) is 11.8 Å². The predicted molar refractivity (Wildman–Crippen MR) is 111 cm³/mol. The van der Waals surface area contributed by atoms with Gasteiger partial charge in [0.25, 0.3) is 5.91 Å². The monoisotopic (exact) mass is 441 g/mol. The van der Waals surface area contributed by atoms with Crippen LogP contribution >= 0.6 is 11.6 Å². The molecule has 162 valence electrons. The number of Topliss-reactive ketones (excluding diaryl/α,β-unsaturated/α-hetero) is 1. The van der Waals surface area contributed by atoms with E-state index < -0.39 is 6.10 Å². The van der Waals surface area contributed by atoms with Crippen LogP contribution in [0.2, 0.25) is 5.02 Å². The smallest absolute Gasteiger partial charge is 0.261 e. The summed E-state index contributed by atoms with van der Waals surface area (Å²) in [6, 6.07) is 4.90. The summed E-state index contributed by atoms with van der Waals surface area (Å²) >= 11 is 5.97. The molecule has 0 spiro atoms. The number of carbonyl (C=O) groups excluding carboxylic acids is 2.